The summed E-state index contributed by atoms with van der Waals surface area (Å²) in [7, 11) is 0. The van der Waals surface area contributed by atoms with Crippen molar-refractivity contribution in [2.75, 3.05) is 0 Å². The minimum Gasteiger partial charge on any atom is -0.508 e. The molecule has 16 heavy (non-hydrogen) atoms. The summed E-state index contributed by atoms with van der Waals surface area (Å²) in [6.07, 6.45) is 0. The van der Waals surface area contributed by atoms with Gasteiger partial charge in [0.05, 0.1) is 0 Å². The van der Waals surface area contributed by atoms with Gasteiger partial charge in [0.25, 0.3) is 0 Å². The molecule has 2 aromatic rings. The van der Waals surface area contributed by atoms with Crippen molar-refractivity contribution in [1.29, 1.82) is 0 Å². The van der Waals surface area contributed by atoms with Crippen LogP contribution in [0, 0.1) is 0 Å². The Morgan fingerprint density at radius 2 is 1.44 bits per heavy atom. The van der Waals surface area contributed by atoms with Crippen molar-refractivity contribution < 1.29 is 10.2 Å². The summed E-state index contributed by atoms with van der Waals surface area (Å²) in [5.74, 6) is -0.137. The van der Waals surface area contributed by atoms with Crippen molar-refractivity contribution in [3.63, 3.8) is 0 Å². The minimum atomic E-state index is -0.423. The molecule has 0 saturated carbocycles. The van der Waals surface area contributed by atoms with Gasteiger partial charge in [-0.1, -0.05) is 30.3 Å². The molecular weight excluding hydrogens is 204 g/mol. The van der Waals surface area contributed by atoms with Gasteiger partial charge in [-0.3, -0.25) is 4.79 Å². The number of rotatable bonds is 1. The van der Waals surface area contributed by atoms with Gasteiger partial charge in [0.15, 0.2) is 5.75 Å². The second kappa shape index (κ2) is 4.06. The van der Waals surface area contributed by atoms with Gasteiger partial charge in [-0.15, -0.1) is 0 Å². The van der Waals surface area contributed by atoms with Crippen LogP contribution in [0.2, 0.25) is 0 Å². The lowest BCUT2D eigenvalue weighted by molar-refractivity contribution is 0.472. The van der Waals surface area contributed by atoms with Crippen LogP contribution in [-0.4, -0.2) is 10.2 Å². The van der Waals surface area contributed by atoms with Gasteiger partial charge in [0.2, 0.25) is 5.43 Å². The zero-order chi connectivity index (χ0) is 11.5. The highest BCUT2D eigenvalue weighted by Crippen LogP contribution is 2.26. The van der Waals surface area contributed by atoms with Crippen LogP contribution in [0.4, 0.5) is 0 Å². The molecule has 3 nitrogen and oxygen atoms in total. The standard InChI is InChI=1S/C13H10O3/c14-10-7-5-9(6-8-10)11-3-1-2-4-12(15)13(11)16/h1-8,14H,(H,15,16). The van der Waals surface area contributed by atoms with Crippen LogP contribution in [0.5, 0.6) is 11.5 Å². The Morgan fingerprint density at radius 1 is 0.812 bits per heavy atom. The smallest absolute Gasteiger partial charge is 0.220 e. The maximum Gasteiger partial charge on any atom is 0.220 e. The Hall–Kier alpha value is -2.29. The molecule has 0 aliphatic carbocycles. The van der Waals surface area contributed by atoms with Crippen molar-refractivity contribution in [2.24, 2.45) is 0 Å². The van der Waals surface area contributed by atoms with Crippen LogP contribution >= 0.6 is 0 Å². The van der Waals surface area contributed by atoms with Crippen LogP contribution in [0.1, 0.15) is 0 Å². The number of benzene rings is 1. The average molecular weight is 214 g/mol. The molecule has 2 rings (SSSR count). The fourth-order valence-electron chi connectivity index (χ4n) is 1.46. The average Bonchev–Trinajstić information content (AvgIpc) is 2.44. The maximum absolute atomic E-state index is 11.4. The molecule has 0 unspecified atom stereocenters. The number of hydrogen-bond acceptors (Lipinski definition) is 3. The van der Waals surface area contributed by atoms with Gasteiger partial charge in [-0.05, 0) is 23.8 Å². The van der Waals surface area contributed by atoms with E-state index >= 15 is 0 Å². The third-order valence-corrected chi connectivity index (χ3v) is 2.29. The van der Waals surface area contributed by atoms with Gasteiger partial charge in [0, 0.05) is 5.56 Å². The predicted molar refractivity (Wildman–Crippen MR) is 61.5 cm³/mol. The molecule has 0 aromatic heterocycles. The number of aromatic hydroxyl groups is 2. The summed E-state index contributed by atoms with van der Waals surface area (Å²) >= 11 is 0. The van der Waals surface area contributed by atoms with E-state index in [4.69, 9.17) is 5.11 Å². The summed E-state index contributed by atoms with van der Waals surface area (Å²) in [5.41, 5.74) is 0.715. The van der Waals surface area contributed by atoms with E-state index in [1.807, 2.05) is 0 Å². The van der Waals surface area contributed by atoms with E-state index in [1.165, 1.54) is 18.2 Å². The van der Waals surface area contributed by atoms with E-state index in [0.29, 0.717) is 11.1 Å². The summed E-state index contributed by atoms with van der Waals surface area (Å²) in [4.78, 5) is 11.4. The Morgan fingerprint density at radius 3 is 2.12 bits per heavy atom. The van der Waals surface area contributed by atoms with E-state index in [0.717, 1.165) is 0 Å². The fraction of sp³-hybridized carbons (Fsp3) is 0. The lowest BCUT2D eigenvalue weighted by Crippen LogP contribution is -1.94. The van der Waals surface area contributed by atoms with Crippen LogP contribution in [0.3, 0.4) is 0 Å². The zero-order valence-electron chi connectivity index (χ0n) is 8.42. The van der Waals surface area contributed by atoms with E-state index < -0.39 is 5.43 Å². The number of hydrogen-bond donors (Lipinski definition) is 2. The summed E-state index contributed by atoms with van der Waals surface area (Å²) < 4.78 is 0. The molecule has 0 amide bonds. The first-order valence-electron chi connectivity index (χ1n) is 4.80. The van der Waals surface area contributed by atoms with Crippen LogP contribution in [0.15, 0.2) is 53.3 Å². The van der Waals surface area contributed by atoms with Gasteiger partial charge in [-0.25, -0.2) is 0 Å². The molecule has 0 bridgehead atoms. The zero-order valence-corrected chi connectivity index (χ0v) is 8.42. The maximum atomic E-state index is 11.4. The fourth-order valence-corrected chi connectivity index (χ4v) is 1.46. The second-order valence-electron chi connectivity index (χ2n) is 3.39. The molecule has 0 heterocycles. The summed E-state index contributed by atoms with van der Waals surface area (Å²) in [5, 5.41) is 18.9. The number of phenolic OH excluding ortho intramolecular Hbond substituents is 1. The van der Waals surface area contributed by atoms with Crippen LogP contribution < -0.4 is 5.43 Å². The van der Waals surface area contributed by atoms with Crippen molar-refractivity contribution in [2.45, 2.75) is 0 Å². The lowest BCUT2D eigenvalue weighted by Gasteiger charge is -2.00. The van der Waals surface area contributed by atoms with Crippen molar-refractivity contribution in [1.82, 2.24) is 0 Å². The highest BCUT2D eigenvalue weighted by atomic mass is 16.3. The highest BCUT2D eigenvalue weighted by Gasteiger charge is 2.05. The van der Waals surface area contributed by atoms with E-state index in [2.05, 4.69) is 0 Å². The van der Waals surface area contributed by atoms with Gasteiger partial charge < -0.3 is 10.2 Å². The van der Waals surface area contributed by atoms with Gasteiger partial charge in [-0.2, -0.15) is 0 Å². The Bertz CT molecular complexity index is 559. The minimum absolute atomic E-state index is 0.144. The van der Waals surface area contributed by atoms with Crippen molar-refractivity contribution in [3.05, 3.63) is 58.8 Å². The monoisotopic (exact) mass is 214 g/mol. The summed E-state index contributed by atoms with van der Waals surface area (Å²) in [6, 6.07) is 12.5. The Labute approximate surface area is 92.2 Å². The molecule has 0 aliphatic rings. The van der Waals surface area contributed by atoms with Crippen molar-refractivity contribution >= 4 is 0 Å². The van der Waals surface area contributed by atoms with E-state index in [9.17, 15) is 9.90 Å². The Balaban J connectivity index is 2.66. The quantitative estimate of drug-likeness (QED) is 0.764. The molecule has 2 aromatic carbocycles. The molecule has 3 heteroatoms. The SMILES string of the molecule is O=c1ccccc(-c2ccc(O)cc2)c1O. The predicted octanol–water partition coefficient (Wildman–Crippen LogP) is 2.13. The third kappa shape index (κ3) is 1.88. The van der Waals surface area contributed by atoms with Crippen LogP contribution in [0.25, 0.3) is 11.1 Å². The molecule has 0 atom stereocenters. The van der Waals surface area contributed by atoms with Crippen molar-refractivity contribution in [3.8, 4) is 22.6 Å². The third-order valence-electron chi connectivity index (χ3n) is 2.29. The molecule has 0 spiro atoms. The van der Waals surface area contributed by atoms with Gasteiger partial charge in [0.1, 0.15) is 5.75 Å². The topological polar surface area (TPSA) is 57.5 Å². The first-order valence-corrected chi connectivity index (χ1v) is 4.80. The largest absolute Gasteiger partial charge is 0.508 e. The molecule has 2 N–H and O–H groups in total. The highest BCUT2D eigenvalue weighted by molar-refractivity contribution is 5.69. The molecule has 80 valence electrons. The molecular formula is C13H10O3. The molecule has 0 aliphatic heterocycles. The first-order chi connectivity index (χ1) is 7.68. The Kier molecular flexibility index (Phi) is 2.60. The molecule has 0 radical (unpaired) electrons. The first kappa shape index (κ1) is 10.2. The normalized spacial score (nSPS) is 10.0. The lowest BCUT2D eigenvalue weighted by atomic mass is 10.1. The molecule has 0 saturated heterocycles. The summed E-state index contributed by atoms with van der Waals surface area (Å²) in [6.45, 7) is 0. The van der Waals surface area contributed by atoms with Crippen LogP contribution in [-0.2, 0) is 0 Å². The molecule has 0 fully saturated rings. The number of phenols is 1. The van der Waals surface area contributed by atoms with Gasteiger partial charge >= 0.3 is 0 Å². The van der Waals surface area contributed by atoms with E-state index in [-0.39, 0.29) is 11.5 Å². The van der Waals surface area contributed by atoms with E-state index in [1.54, 1.807) is 30.3 Å². The second-order valence-corrected chi connectivity index (χ2v) is 3.39.